The summed E-state index contributed by atoms with van der Waals surface area (Å²) >= 11 is 12.8. The molecule has 0 bridgehead atoms. The summed E-state index contributed by atoms with van der Waals surface area (Å²) in [5, 5.41) is 12.8. The van der Waals surface area contributed by atoms with Crippen LogP contribution in [-0.2, 0) is 16.4 Å². The van der Waals surface area contributed by atoms with Gasteiger partial charge in [0.15, 0.2) is 12.8 Å². The maximum atomic E-state index is 12.1. The van der Waals surface area contributed by atoms with E-state index in [1.807, 2.05) is 0 Å². The van der Waals surface area contributed by atoms with Crippen molar-refractivity contribution in [3.63, 3.8) is 0 Å². The molecule has 0 unspecified atom stereocenters. The Morgan fingerprint density at radius 2 is 1.96 bits per heavy atom. The summed E-state index contributed by atoms with van der Waals surface area (Å²) in [5.74, 6) is -0.492. The van der Waals surface area contributed by atoms with Crippen LogP contribution in [0, 0.1) is 5.21 Å². The van der Waals surface area contributed by atoms with E-state index in [1.54, 1.807) is 18.2 Å². The SMILES string of the molecule is O=S(=O)(CCC=C(F)F)c1ncc(/C=[N+](\[O-])Cc2c(Cl)cccc2Cl)s1. The number of thiazole rings is 1. The number of hydroxylamine groups is 1. The van der Waals surface area contributed by atoms with Crippen molar-refractivity contribution in [2.24, 2.45) is 0 Å². The maximum absolute atomic E-state index is 12.1. The molecule has 0 radical (unpaired) electrons. The highest BCUT2D eigenvalue weighted by Gasteiger charge is 2.19. The number of allylic oxidation sites excluding steroid dienone is 1. The van der Waals surface area contributed by atoms with Crippen LogP contribution in [0.15, 0.2) is 40.9 Å². The van der Waals surface area contributed by atoms with E-state index in [0.29, 0.717) is 31.3 Å². The number of halogens is 4. The van der Waals surface area contributed by atoms with E-state index >= 15 is 0 Å². The molecule has 11 heteroatoms. The quantitative estimate of drug-likeness (QED) is 0.274. The number of nitrogens with zero attached hydrogens (tertiary/aromatic N) is 2. The molecule has 2 rings (SSSR count). The van der Waals surface area contributed by atoms with Gasteiger partial charge in [-0.3, -0.25) is 0 Å². The molecular weight excluding hydrogens is 429 g/mol. The summed E-state index contributed by atoms with van der Waals surface area (Å²) in [4.78, 5) is 4.05. The van der Waals surface area contributed by atoms with E-state index in [4.69, 9.17) is 23.2 Å². The van der Waals surface area contributed by atoms with Gasteiger partial charge in [-0.15, -0.1) is 0 Å². The van der Waals surface area contributed by atoms with Crippen LogP contribution in [0.4, 0.5) is 8.78 Å². The number of hydrogen-bond acceptors (Lipinski definition) is 5. The zero-order valence-corrected chi connectivity index (χ0v) is 16.2. The molecule has 0 saturated carbocycles. The fourth-order valence-corrected chi connectivity index (χ4v) is 4.87. The van der Waals surface area contributed by atoms with E-state index in [9.17, 15) is 22.4 Å². The van der Waals surface area contributed by atoms with Crippen LogP contribution in [0.1, 0.15) is 16.9 Å². The first-order valence-electron chi connectivity index (χ1n) is 7.10. The first kappa shape index (κ1) is 20.8. The van der Waals surface area contributed by atoms with Gasteiger partial charge in [0.25, 0.3) is 6.08 Å². The second-order valence-corrected chi connectivity index (χ2v) is 9.19. The van der Waals surface area contributed by atoms with E-state index in [0.717, 1.165) is 17.6 Å². The molecule has 0 fully saturated rings. The zero-order valence-electron chi connectivity index (χ0n) is 13.0. The topological polar surface area (TPSA) is 73.1 Å². The van der Waals surface area contributed by atoms with Crippen molar-refractivity contribution in [3.05, 3.63) is 62.2 Å². The number of hydrogen-bond donors (Lipinski definition) is 0. The van der Waals surface area contributed by atoms with Crippen molar-refractivity contribution in [2.45, 2.75) is 17.3 Å². The Hall–Kier alpha value is -1.55. The molecule has 0 N–H and O–H groups in total. The van der Waals surface area contributed by atoms with E-state index in [1.165, 1.54) is 6.20 Å². The first-order chi connectivity index (χ1) is 12.2. The molecule has 0 atom stereocenters. The van der Waals surface area contributed by atoms with E-state index in [2.05, 4.69) is 4.98 Å². The van der Waals surface area contributed by atoms with Crippen LogP contribution in [0.2, 0.25) is 10.0 Å². The predicted molar refractivity (Wildman–Crippen MR) is 98.0 cm³/mol. The Balaban J connectivity index is 2.14. The minimum atomic E-state index is -3.80. The van der Waals surface area contributed by atoms with Crippen molar-refractivity contribution in [3.8, 4) is 0 Å². The highest BCUT2D eigenvalue weighted by atomic mass is 35.5. The minimum Gasteiger partial charge on any atom is -0.624 e. The second-order valence-electron chi connectivity index (χ2n) is 5.03. The Morgan fingerprint density at radius 3 is 2.58 bits per heavy atom. The lowest BCUT2D eigenvalue weighted by Crippen LogP contribution is -2.06. The Morgan fingerprint density at radius 1 is 1.31 bits per heavy atom. The van der Waals surface area contributed by atoms with Crippen molar-refractivity contribution >= 4 is 50.6 Å². The molecule has 26 heavy (non-hydrogen) atoms. The van der Waals surface area contributed by atoms with Crippen LogP contribution in [-0.4, -0.2) is 30.1 Å². The fraction of sp³-hybridized carbons (Fsp3) is 0.200. The highest BCUT2D eigenvalue weighted by molar-refractivity contribution is 7.93. The predicted octanol–water partition coefficient (Wildman–Crippen LogP) is 4.52. The van der Waals surface area contributed by atoms with Crippen LogP contribution >= 0.6 is 34.5 Å². The average Bonchev–Trinajstić information content (AvgIpc) is 3.00. The normalized spacial score (nSPS) is 12.2. The third kappa shape index (κ3) is 5.73. The van der Waals surface area contributed by atoms with Gasteiger partial charge in [-0.05, 0) is 24.6 Å². The number of sulfone groups is 1. The van der Waals surface area contributed by atoms with Gasteiger partial charge in [-0.2, -0.15) is 8.78 Å². The van der Waals surface area contributed by atoms with Gasteiger partial charge in [0.2, 0.25) is 14.2 Å². The summed E-state index contributed by atoms with van der Waals surface area (Å²) in [5.41, 5.74) is 0.444. The maximum Gasteiger partial charge on any atom is 0.266 e. The fourth-order valence-electron chi connectivity index (χ4n) is 1.91. The van der Waals surface area contributed by atoms with Gasteiger partial charge in [-0.1, -0.05) is 40.6 Å². The van der Waals surface area contributed by atoms with Gasteiger partial charge >= 0.3 is 0 Å². The van der Waals surface area contributed by atoms with Gasteiger partial charge in [0.05, 0.1) is 27.6 Å². The molecule has 2 aromatic rings. The van der Waals surface area contributed by atoms with Gasteiger partial charge in [0, 0.05) is 0 Å². The van der Waals surface area contributed by atoms with Crippen molar-refractivity contribution in [1.29, 1.82) is 0 Å². The highest BCUT2D eigenvalue weighted by Crippen LogP contribution is 2.25. The number of rotatable bonds is 7. The van der Waals surface area contributed by atoms with Crippen LogP contribution in [0.3, 0.4) is 0 Å². The van der Waals surface area contributed by atoms with Crippen molar-refractivity contribution in [2.75, 3.05) is 5.75 Å². The lowest BCUT2D eigenvalue weighted by molar-refractivity contribution is -0.469. The molecule has 0 saturated heterocycles. The van der Waals surface area contributed by atoms with Crippen molar-refractivity contribution < 1.29 is 21.9 Å². The standard InChI is InChI=1S/C15H12Cl2F2N2O3S2/c16-12-3-1-4-13(17)11(12)9-21(22)8-10-7-20-15(25-10)26(23,24)6-2-5-14(18)19/h1,3-5,7-8H,2,6,9H2/b21-8-. The van der Waals surface area contributed by atoms with Crippen LogP contribution in [0.5, 0.6) is 0 Å². The minimum absolute atomic E-state index is 0.126. The van der Waals surface area contributed by atoms with Crippen LogP contribution < -0.4 is 0 Å². The third-order valence-electron chi connectivity index (χ3n) is 3.10. The third-order valence-corrected chi connectivity index (χ3v) is 6.96. The summed E-state index contributed by atoms with van der Waals surface area (Å²) in [6.45, 7) is -0.126. The molecule has 1 aromatic carbocycles. The Kier molecular flexibility index (Phi) is 7.10. The lowest BCUT2D eigenvalue weighted by atomic mass is 10.2. The summed E-state index contributed by atoms with van der Waals surface area (Å²) in [7, 11) is -3.80. The molecule has 5 nitrogen and oxygen atoms in total. The van der Waals surface area contributed by atoms with E-state index < -0.39 is 21.7 Å². The molecule has 0 spiro atoms. The first-order valence-corrected chi connectivity index (χ1v) is 10.3. The molecule has 0 aliphatic heterocycles. The molecule has 1 heterocycles. The molecule has 0 aliphatic rings. The summed E-state index contributed by atoms with van der Waals surface area (Å²) in [6, 6.07) is 4.85. The molecule has 1 aromatic heterocycles. The van der Waals surface area contributed by atoms with Gasteiger partial charge < -0.3 is 5.21 Å². The molecule has 0 amide bonds. The molecule has 0 aliphatic carbocycles. The summed E-state index contributed by atoms with van der Waals surface area (Å²) < 4.78 is 48.3. The van der Waals surface area contributed by atoms with Crippen molar-refractivity contribution in [1.82, 2.24) is 4.98 Å². The summed E-state index contributed by atoms with van der Waals surface area (Å²) in [6.07, 6.45) is 0.667. The van der Waals surface area contributed by atoms with Gasteiger partial charge in [0.1, 0.15) is 4.88 Å². The number of benzene rings is 1. The van der Waals surface area contributed by atoms with Gasteiger partial charge in [-0.25, -0.2) is 18.1 Å². The lowest BCUT2D eigenvalue weighted by Gasteiger charge is -2.07. The largest absolute Gasteiger partial charge is 0.624 e. The number of aromatic nitrogens is 1. The monoisotopic (exact) mass is 440 g/mol. The second kappa shape index (κ2) is 8.90. The average molecular weight is 441 g/mol. The van der Waals surface area contributed by atoms with E-state index in [-0.39, 0.29) is 17.3 Å². The zero-order chi connectivity index (χ0) is 19.3. The van der Waals surface area contributed by atoms with Crippen LogP contribution in [0.25, 0.3) is 0 Å². The molecule has 140 valence electrons. The Labute approximate surface area is 162 Å². The smallest absolute Gasteiger partial charge is 0.266 e. The molecular formula is C15H12Cl2F2N2O3S2. The Bertz CT molecular complexity index is 935.